The highest BCUT2D eigenvalue weighted by atomic mass is 35.5. The molecule has 3 aromatic heterocycles. The predicted octanol–water partition coefficient (Wildman–Crippen LogP) is 1.93. The van der Waals surface area contributed by atoms with E-state index in [1.54, 1.807) is 17.7 Å². The van der Waals surface area contributed by atoms with E-state index in [-0.39, 0.29) is 16.8 Å². The molecular formula is C13H12ClN5O. The number of aromatic nitrogens is 5. The third-order valence-electron chi connectivity index (χ3n) is 3.02. The molecule has 0 aromatic carbocycles. The van der Waals surface area contributed by atoms with Crippen LogP contribution in [0.2, 0.25) is 5.15 Å². The monoisotopic (exact) mass is 290 g/mol. The van der Waals surface area contributed by atoms with Gasteiger partial charge in [-0.1, -0.05) is 11.6 Å². The van der Waals surface area contributed by atoms with Gasteiger partial charge >= 0.3 is 0 Å². The Hall–Kier alpha value is -2.21. The lowest BCUT2D eigenvalue weighted by Gasteiger charge is -2.06. The van der Waals surface area contributed by atoms with Crippen molar-refractivity contribution in [2.45, 2.75) is 20.4 Å². The van der Waals surface area contributed by atoms with Crippen LogP contribution < -0.4 is 5.56 Å². The molecule has 0 N–H and O–H groups in total. The molecule has 20 heavy (non-hydrogen) atoms. The van der Waals surface area contributed by atoms with Gasteiger partial charge in [0.25, 0.3) is 5.56 Å². The standard InChI is InChI=1S/C13H12ClN5O/c1-3-18-10(14)7-12(20)19-11(18)6-9(17-19)13-8(2)15-4-5-16-13/h4-7H,3H2,1-2H3/i6D. The van der Waals surface area contributed by atoms with E-state index in [9.17, 15) is 4.79 Å². The molecule has 0 saturated heterocycles. The lowest BCUT2D eigenvalue weighted by Crippen LogP contribution is -2.17. The van der Waals surface area contributed by atoms with Crippen LogP contribution in [0.3, 0.4) is 0 Å². The summed E-state index contributed by atoms with van der Waals surface area (Å²) < 4.78 is 11.2. The van der Waals surface area contributed by atoms with Crippen molar-refractivity contribution in [2.75, 3.05) is 0 Å². The van der Waals surface area contributed by atoms with Gasteiger partial charge < -0.3 is 4.57 Å². The van der Waals surface area contributed by atoms with Gasteiger partial charge in [0.05, 0.1) is 7.06 Å². The first-order valence-electron chi connectivity index (χ1n) is 6.61. The second-order valence-corrected chi connectivity index (χ2v) is 4.64. The van der Waals surface area contributed by atoms with Crippen molar-refractivity contribution in [2.24, 2.45) is 0 Å². The second-order valence-electron chi connectivity index (χ2n) is 4.25. The van der Waals surface area contributed by atoms with Crippen LogP contribution in [0, 0.1) is 6.92 Å². The van der Waals surface area contributed by atoms with Gasteiger partial charge in [-0.25, -0.2) is 0 Å². The molecule has 0 spiro atoms. The Balaban J connectivity index is 2.43. The van der Waals surface area contributed by atoms with Crippen LogP contribution in [0.1, 0.15) is 14.0 Å². The van der Waals surface area contributed by atoms with Crippen LogP contribution in [0.5, 0.6) is 0 Å². The van der Waals surface area contributed by atoms with Gasteiger partial charge in [-0.2, -0.15) is 9.61 Å². The molecule has 0 amide bonds. The van der Waals surface area contributed by atoms with Crippen LogP contribution in [0.15, 0.2) is 29.3 Å². The summed E-state index contributed by atoms with van der Waals surface area (Å²) in [6.45, 7) is 4.19. The summed E-state index contributed by atoms with van der Waals surface area (Å²) >= 11 is 6.08. The first kappa shape index (κ1) is 11.6. The number of nitrogens with zero attached hydrogens (tertiary/aromatic N) is 5. The van der Waals surface area contributed by atoms with E-state index in [2.05, 4.69) is 15.1 Å². The van der Waals surface area contributed by atoms with Gasteiger partial charge in [0.2, 0.25) is 0 Å². The molecule has 3 heterocycles. The minimum atomic E-state index is -0.374. The molecule has 0 saturated carbocycles. The molecule has 0 fully saturated rings. The Morgan fingerprint density at radius 3 is 2.85 bits per heavy atom. The molecule has 3 rings (SSSR count). The lowest BCUT2D eigenvalue weighted by molar-refractivity contribution is 0.740. The van der Waals surface area contributed by atoms with E-state index >= 15 is 0 Å². The number of halogens is 1. The predicted molar refractivity (Wildman–Crippen MR) is 75.9 cm³/mol. The lowest BCUT2D eigenvalue weighted by atomic mass is 10.2. The first-order valence-corrected chi connectivity index (χ1v) is 6.49. The van der Waals surface area contributed by atoms with Gasteiger partial charge in [0.15, 0.2) is 0 Å². The van der Waals surface area contributed by atoms with Crippen molar-refractivity contribution in [1.29, 1.82) is 0 Å². The zero-order valence-corrected chi connectivity index (χ0v) is 11.7. The van der Waals surface area contributed by atoms with E-state index in [0.717, 1.165) is 0 Å². The topological polar surface area (TPSA) is 65.1 Å². The van der Waals surface area contributed by atoms with Crippen LogP contribution in [0.25, 0.3) is 17.0 Å². The molecule has 6 nitrogen and oxygen atoms in total. The van der Waals surface area contributed by atoms with Gasteiger partial charge in [-0.05, 0) is 13.8 Å². The fourth-order valence-corrected chi connectivity index (χ4v) is 2.35. The minimum absolute atomic E-state index is 0.111. The number of hydrogen-bond donors (Lipinski definition) is 0. The molecule has 0 aliphatic rings. The molecular weight excluding hydrogens is 278 g/mol. The maximum absolute atomic E-state index is 12.0. The Labute approximate surface area is 121 Å². The fourth-order valence-electron chi connectivity index (χ4n) is 2.06. The minimum Gasteiger partial charge on any atom is -0.317 e. The molecule has 3 aromatic rings. The molecule has 102 valence electrons. The summed E-state index contributed by atoms with van der Waals surface area (Å²) in [6.07, 6.45) is 3.10. The number of rotatable bonds is 2. The van der Waals surface area contributed by atoms with Gasteiger partial charge in [0, 0.05) is 31.0 Å². The maximum atomic E-state index is 12.0. The Kier molecular flexibility index (Phi) is 2.74. The highest BCUT2D eigenvalue weighted by Crippen LogP contribution is 2.20. The van der Waals surface area contributed by atoms with Crippen LogP contribution >= 0.6 is 11.6 Å². The summed E-state index contributed by atoms with van der Waals surface area (Å²) in [7, 11) is 0. The van der Waals surface area contributed by atoms with Gasteiger partial charge in [-0.15, -0.1) is 0 Å². The highest BCUT2D eigenvalue weighted by Gasteiger charge is 2.14. The van der Waals surface area contributed by atoms with Crippen LogP contribution in [0.4, 0.5) is 0 Å². The second kappa shape index (κ2) is 4.72. The molecule has 0 radical (unpaired) electrons. The number of aryl methyl sites for hydroxylation is 2. The van der Waals surface area contributed by atoms with Crippen molar-refractivity contribution >= 4 is 17.2 Å². The SMILES string of the molecule is [2H]c1c(-c2nccnc2C)nn2c(=O)cc(Cl)n(CC)c12. The van der Waals surface area contributed by atoms with E-state index in [1.807, 2.05) is 6.92 Å². The summed E-state index contributed by atoms with van der Waals surface area (Å²) in [5.74, 6) is 0. The van der Waals surface area contributed by atoms with Gasteiger partial charge in [-0.3, -0.25) is 14.8 Å². The largest absolute Gasteiger partial charge is 0.317 e. The van der Waals surface area contributed by atoms with Crippen molar-refractivity contribution in [3.05, 3.63) is 45.7 Å². The van der Waals surface area contributed by atoms with Crippen molar-refractivity contribution < 1.29 is 1.37 Å². The summed E-state index contributed by atoms with van der Waals surface area (Å²) in [4.78, 5) is 20.4. The van der Waals surface area contributed by atoms with Crippen molar-refractivity contribution in [3.8, 4) is 11.4 Å². The van der Waals surface area contributed by atoms with Crippen LogP contribution in [-0.2, 0) is 6.54 Å². The summed E-state index contributed by atoms with van der Waals surface area (Å²) in [6, 6.07) is 1.40. The highest BCUT2D eigenvalue weighted by molar-refractivity contribution is 6.29. The first-order chi connectivity index (χ1) is 10.0. The van der Waals surface area contributed by atoms with E-state index < -0.39 is 0 Å². The van der Waals surface area contributed by atoms with E-state index in [0.29, 0.717) is 29.3 Å². The maximum Gasteiger partial charge on any atom is 0.275 e. The Bertz CT molecular complexity index is 901. The Morgan fingerprint density at radius 1 is 1.40 bits per heavy atom. The van der Waals surface area contributed by atoms with Crippen molar-refractivity contribution in [3.63, 3.8) is 0 Å². The quantitative estimate of drug-likeness (QED) is 0.677. The van der Waals surface area contributed by atoms with Gasteiger partial charge in [0.1, 0.15) is 22.2 Å². The smallest absolute Gasteiger partial charge is 0.275 e. The molecule has 0 bridgehead atoms. The fraction of sp³-hybridized carbons (Fsp3) is 0.231. The number of hydrogen-bond acceptors (Lipinski definition) is 4. The third kappa shape index (κ3) is 1.89. The average molecular weight is 291 g/mol. The molecule has 0 aliphatic heterocycles. The molecule has 0 aliphatic carbocycles. The molecule has 0 atom stereocenters. The normalized spacial score (nSPS) is 11.8. The molecule has 0 unspecified atom stereocenters. The van der Waals surface area contributed by atoms with Crippen LogP contribution in [-0.4, -0.2) is 24.1 Å². The molecule has 7 heteroatoms. The summed E-state index contributed by atoms with van der Waals surface area (Å²) in [5, 5.41) is 4.51. The van der Waals surface area contributed by atoms with E-state index in [1.165, 1.54) is 16.8 Å². The Morgan fingerprint density at radius 2 is 2.15 bits per heavy atom. The van der Waals surface area contributed by atoms with Crippen molar-refractivity contribution in [1.82, 2.24) is 24.1 Å². The average Bonchev–Trinajstić information content (AvgIpc) is 2.79. The number of fused-ring (bicyclic) bond motifs is 1. The summed E-state index contributed by atoms with van der Waals surface area (Å²) in [5.41, 5.74) is 1.44. The van der Waals surface area contributed by atoms with E-state index in [4.69, 9.17) is 13.0 Å². The zero-order chi connectivity index (χ0) is 15.1. The zero-order valence-electron chi connectivity index (χ0n) is 12.0. The third-order valence-corrected chi connectivity index (χ3v) is 3.33.